The average Bonchev–Trinajstić information content (AvgIpc) is 3.05. The van der Waals surface area contributed by atoms with Crippen LogP contribution >= 0.6 is 11.6 Å². The van der Waals surface area contributed by atoms with Crippen molar-refractivity contribution in [2.75, 3.05) is 13.5 Å². The van der Waals surface area contributed by atoms with E-state index in [-0.39, 0.29) is 19.6 Å². The molecule has 0 aromatic heterocycles. The molecule has 3 rings (SSSR count). The third kappa shape index (κ3) is 4.28. The maximum atomic E-state index is 11.8. The number of hydrogen-bond acceptors (Lipinski definition) is 4. The lowest BCUT2D eigenvalue weighted by Crippen LogP contribution is -2.37. The van der Waals surface area contributed by atoms with Crippen molar-refractivity contribution in [3.05, 3.63) is 52.0 Å². The number of urea groups is 1. The van der Waals surface area contributed by atoms with Crippen molar-refractivity contribution >= 4 is 17.6 Å². The minimum Gasteiger partial charge on any atom is -0.473 e. The topological polar surface area (TPSA) is 68.8 Å². The summed E-state index contributed by atoms with van der Waals surface area (Å²) in [7, 11) is 0. The van der Waals surface area contributed by atoms with Crippen LogP contribution in [0.2, 0.25) is 5.02 Å². The highest BCUT2D eigenvalue weighted by molar-refractivity contribution is 6.32. The molecule has 0 radical (unpaired) electrons. The van der Waals surface area contributed by atoms with Crippen molar-refractivity contribution in [1.29, 1.82) is 0 Å². The van der Waals surface area contributed by atoms with Gasteiger partial charge in [-0.15, -0.1) is 0 Å². The second-order valence-electron chi connectivity index (χ2n) is 5.71. The van der Waals surface area contributed by atoms with Gasteiger partial charge in [-0.1, -0.05) is 17.7 Å². The van der Waals surface area contributed by atoms with E-state index in [0.29, 0.717) is 18.0 Å². The van der Waals surface area contributed by atoms with Crippen molar-refractivity contribution < 1.29 is 19.0 Å². The number of aryl methyl sites for hydroxylation is 2. The van der Waals surface area contributed by atoms with E-state index in [4.69, 9.17) is 25.8 Å². The van der Waals surface area contributed by atoms with E-state index in [1.807, 2.05) is 44.2 Å². The molecule has 25 heavy (non-hydrogen) atoms. The molecule has 6 nitrogen and oxygen atoms in total. The Morgan fingerprint density at radius 3 is 2.60 bits per heavy atom. The van der Waals surface area contributed by atoms with Crippen molar-refractivity contribution in [2.24, 2.45) is 0 Å². The van der Waals surface area contributed by atoms with E-state index in [2.05, 4.69) is 10.6 Å². The van der Waals surface area contributed by atoms with Gasteiger partial charge in [0.05, 0.1) is 0 Å². The monoisotopic (exact) mass is 362 g/mol. The minimum absolute atomic E-state index is 0.0630. The first-order valence-electron chi connectivity index (χ1n) is 7.82. The van der Waals surface area contributed by atoms with Crippen LogP contribution in [0, 0.1) is 13.8 Å². The van der Waals surface area contributed by atoms with Gasteiger partial charge in [-0.05, 0) is 54.8 Å². The number of halogens is 1. The molecular weight excluding hydrogens is 344 g/mol. The predicted octanol–water partition coefficient (Wildman–Crippen LogP) is 3.52. The lowest BCUT2D eigenvalue weighted by molar-refractivity contribution is 0.174. The van der Waals surface area contributed by atoms with Crippen LogP contribution < -0.4 is 24.8 Å². The molecule has 2 amide bonds. The molecule has 0 bridgehead atoms. The number of carbonyl (C=O) groups excluding carboxylic acids is 1. The Morgan fingerprint density at radius 2 is 1.84 bits per heavy atom. The van der Waals surface area contributed by atoms with Gasteiger partial charge < -0.3 is 24.8 Å². The van der Waals surface area contributed by atoms with Crippen LogP contribution in [-0.4, -0.2) is 19.6 Å². The Labute approximate surface area is 151 Å². The molecule has 132 valence electrons. The van der Waals surface area contributed by atoms with Crippen molar-refractivity contribution in [3.63, 3.8) is 0 Å². The Hall–Kier alpha value is -2.60. The van der Waals surface area contributed by atoms with Crippen LogP contribution in [-0.2, 0) is 6.54 Å². The van der Waals surface area contributed by atoms with E-state index in [9.17, 15) is 4.79 Å². The van der Waals surface area contributed by atoms with Gasteiger partial charge in [0.15, 0.2) is 18.2 Å². The van der Waals surface area contributed by atoms with Gasteiger partial charge >= 0.3 is 6.03 Å². The summed E-state index contributed by atoms with van der Waals surface area (Å²) in [6.45, 7) is 4.49. The average molecular weight is 363 g/mol. The molecule has 7 heteroatoms. The van der Waals surface area contributed by atoms with E-state index >= 15 is 0 Å². The maximum Gasteiger partial charge on any atom is 0.317 e. The summed E-state index contributed by atoms with van der Waals surface area (Å²) in [4.78, 5) is 11.8. The van der Waals surface area contributed by atoms with Gasteiger partial charge in [0.1, 0.15) is 5.75 Å². The normalized spacial score (nSPS) is 12.0. The smallest absolute Gasteiger partial charge is 0.317 e. The first kappa shape index (κ1) is 17.2. The second kappa shape index (κ2) is 7.53. The van der Waals surface area contributed by atoms with Crippen LogP contribution in [0.25, 0.3) is 0 Å². The molecule has 0 saturated carbocycles. The number of nitrogens with one attached hydrogen (secondary N) is 2. The predicted molar refractivity (Wildman–Crippen MR) is 94.4 cm³/mol. The Morgan fingerprint density at radius 1 is 1.12 bits per heavy atom. The van der Waals surface area contributed by atoms with Gasteiger partial charge in [0.25, 0.3) is 0 Å². The molecule has 0 spiro atoms. The number of ether oxygens (including phenoxy) is 3. The third-order valence-corrected chi connectivity index (χ3v) is 4.37. The van der Waals surface area contributed by atoms with Gasteiger partial charge in [-0.3, -0.25) is 0 Å². The van der Waals surface area contributed by atoms with Gasteiger partial charge in [0, 0.05) is 11.6 Å². The standard InChI is InChI=1S/C18H19ClN2O4/c1-11-5-14(6-12(2)17(11)19)23-9-21-18(22)20-8-13-3-4-15-16(7-13)25-10-24-15/h3-7H,8-10H2,1-2H3,(H2,20,21,22). The third-order valence-electron chi connectivity index (χ3n) is 3.77. The number of rotatable bonds is 5. The van der Waals surface area contributed by atoms with E-state index < -0.39 is 0 Å². The number of benzene rings is 2. The highest BCUT2D eigenvalue weighted by atomic mass is 35.5. The number of hydrogen-bond donors (Lipinski definition) is 2. The van der Waals surface area contributed by atoms with E-state index in [1.54, 1.807) is 0 Å². The van der Waals surface area contributed by atoms with Crippen molar-refractivity contribution in [1.82, 2.24) is 10.6 Å². The highest BCUT2D eigenvalue weighted by Gasteiger charge is 2.13. The lowest BCUT2D eigenvalue weighted by atomic mass is 10.1. The Bertz CT molecular complexity index is 772. The molecule has 0 atom stereocenters. The SMILES string of the molecule is Cc1cc(OCNC(=O)NCc2ccc3c(c2)OCO3)cc(C)c1Cl. The Balaban J connectivity index is 1.44. The summed E-state index contributed by atoms with van der Waals surface area (Å²) in [5.74, 6) is 2.07. The van der Waals surface area contributed by atoms with Crippen LogP contribution in [0.15, 0.2) is 30.3 Å². The van der Waals surface area contributed by atoms with E-state index in [0.717, 1.165) is 27.5 Å². The first-order valence-corrected chi connectivity index (χ1v) is 8.20. The molecule has 2 aromatic rings. The molecule has 0 fully saturated rings. The summed E-state index contributed by atoms with van der Waals surface area (Å²) in [6.07, 6.45) is 0. The maximum absolute atomic E-state index is 11.8. The molecule has 1 heterocycles. The van der Waals surface area contributed by atoms with Gasteiger partial charge in [-0.25, -0.2) is 4.79 Å². The van der Waals surface area contributed by atoms with Crippen molar-refractivity contribution in [2.45, 2.75) is 20.4 Å². The fraction of sp³-hybridized carbons (Fsp3) is 0.278. The summed E-state index contributed by atoms with van der Waals surface area (Å²) < 4.78 is 16.1. The fourth-order valence-electron chi connectivity index (χ4n) is 2.47. The van der Waals surface area contributed by atoms with Gasteiger partial charge in [-0.2, -0.15) is 0 Å². The molecule has 2 aromatic carbocycles. The largest absolute Gasteiger partial charge is 0.473 e. The van der Waals surface area contributed by atoms with Crippen molar-refractivity contribution in [3.8, 4) is 17.2 Å². The first-order chi connectivity index (χ1) is 12.0. The highest BCUT2D eigenvalue weighted by Crippen LogP contribution is 2.32. The number of carbonyl (C=O) groups is 1. The summed E-state index contributed by atoms with van der Waals surface area (Å²) in [6, 6.07) is 8.90. The molecule has 2 N–H and O–H groups in total. The lowest BCUT2D eigenvalue weighted by Gasteiger charge is -2.11. The summed E-state index contributed by atoms with van der Waals surface area (Å²) in [5, 5.41) is 6.13. The van der Waals surface area contributed by atoms with E-state index in [1.165, 1.54) is 0 Å². The van der Waals surface area contributed by atoms with Crippen LogP contribution in [0.4, 0.5) is 4.79 Å². The number of amides is 2. The number of fused-ring (bicyclic) bond motifs is 1. The molecule has 1 aliphatic heterocycles. The minimum atomic E-state index is -0.319. The second-order valence-corrected chi connectivity index (χ2v) is 6.08. The fourth-order valence-corrected chi connectivity index (χ4v) is 2.58. The molecule has 0 saturated heterocycles. The quantitative estimate of drug-likeness (QED) is 0.798. The van der Waals surface area contributed by atoms with Gasteiger partial charge in [0.2, 0.25) is 6.79 Å². The zero-order chi connectivity index (χ0) is 17.8. The molecule has 0 unspecified atom stereocenters. The molecule has 0 aliphatic carbocycles. The van der Waals surface area contributed by atoms with Crippen LogP contribution in [0.3, 0.4) is 0 Å². The zero-order valence-corrected chi connectivity index (χ0v) is 14.8. The molecular formula is C18H19ClN2O4. The zero-order valence-electron chi connectivity index (χ0n) is 14.0. The Kier molecular flexibility index (Phi) is 5.19. The van der Waals surface area contributed by atoms with Crippen LogP contribution in [0.5, 0.6) is 17.2 Å². The van der Waals surface area contributed by atoms with Crippen LogP contribution in [0.1, 0.15) is 16.7 Å². The summed E-state index contributed by atoms with van der Waals surface area (Å²) in [5.41, 5.74) is 2.79. The summed E-state index contributed by atoms with van der Waals surface area (Å²) >= 11 is 6.12. The molecule has 1 aliphatic rings.